The van der Waals surface area contributed by atoms with Crippen molar-refractivity contribution in [3.8, 4) is 0 Å². The van der Waals surface area contributed by atoms with Gasteiger partial charge in [0.1, 0.15) is 0 Å². The molecule has 1 aliphatic carbocycles. The van der Waals surface area contributed by atoms with Gasteiger partial charge >= 0.3 is 0 Å². The SMILES string of the molecule is CC(C)S(=O)(=O)CCC1(N)CCCCCC1. The van der Waals surface area contributed by atoms with Crippen molar-refractivity contribution < 1.29 is 8.42 Å². The Morgan fingerprint density at radius 2 is 1.62 bits per heavy atom. The molecule has 1 aliphatic rings. The molecule has 0 heterocycles. The zero-order valence-corrected chi connectivity index (χ0v) is 11.4. The predicted octanol–water partition coefficient (Wildman–Crippen LogP) is 2.25. The van der Waals surface area contributed by atoms with Crippen LogP contribution in [0.1, 0.15) is 58.8 Å². The van der Waals surface area contributed by atoms with Crippen molar-refractivity contribution in [1.29, 1.82) is 0 Å². The molecular weight excluding hydrogens is 222 g/mol. The lowest BCUT2D eigenvalue weighted by atomic mass is 9.89. The van der Waals surface area contributed by atoms with Crippen LogP contribution in [0.3, 0.4) is 0 Å². The minimum atomic E-state index is -2.93. The maximum atomic E-state index is 11.7. The Balaban J connectivity index is 2.52. The Labute approximate surface area is 99.7 Å². The van der Waals surface area contributed by atoms with Crippen LogP contribution in [0.25, 0.3) is 0 Å². The summed E-state index contributed by atoms with van der Waals surface area (Å²) in [7, 11) is -2.93. The minimum absolute atomic E-state index is 0.224. The van der Waals surface area contributed by atoms with E-state index in [0.29, 0.717) is 6.42 Å². The van der Waals surface area contributed by atoms with E-state index in [2.05, 4.69) is 0 Å². The van der Waals surface area contributed by atoms with Gasteiger partial charge in [0, 0.05) is 5.54 Å². The molecule has 0 aromatic heterocycles. The molecule has 4 heteroatoms. The van der Waals surface area contributed by atoms with Crippen LogP contribution in [0.2, 0.25) is 0 Å². The molecule has 0 aliphatic heterocycles. The molecule has 3 nitrogen and oxygen atoms in total. The first kappa shape index (κ1) is 14.0. The molecule has 1 rings (SSSR count). The maximum Gasteiger partial charge on any atom is 0.152 e. The smallest absolute Gasteiger partial charge is 0.152 e. The Hall–Kier alpha value is -0.0900. The number of sulfone groups is 1. The molecule has 0 amide bonds. The van der Waals surface area contributed by atoms with Gasteiger partial charge in [-0.2, -0.15) is 0 Å². The molecule has 0 unspecified atom stereocenters. The third-order valence-electron chi connectivity index (χ3n) is 3.70. The molecule has 16 heavy (non-hydrogen) atoms. The summed E-state index contributed by atoms with van der Waals surface area (Å²) >= 11 is 0. The number of hydrogen-bond donors (Lipinski definition) is 1. The Kier molecular flexibility index (Phi) is 4.80. The third-order valence-corrected chi connectivity index (χ3v) is 5.91. The lowest BCUT2D eigenvalue weighted by Gasteiger charge is -2.28. The largest absolute Gasteiger partial charge is 0.325 e. The van der Waals surface area contributed by atoms with Crippen molar-refractivity contribution >= 4 is 9.84 Å². The van der Waals surface area contributed by atoms with Crippen molar-refractivity contribution in [2.24, 2.45) is 5.73 Å². The van der Waals surface area contributed by atoms with E-state index in [9.17, 15) is 8.42 Å². The molecule has 1 fully saturated rings. The van der Waals surface area contributed by atoms with Gasteiger partial charge in [-0.3, -0.25) is 0 Å². The van der Waals surface area contributed by atoms with Crippen LogP contribution in [0.5, 0.6) is 0 Å². The van der Waals surface area contributed by atoms with Crippen molar-refractivity contribution in [1.82, 2.24) is 0 Å². The van der Waals surface area contributed by atoms with E-state index in [0.717, 1.165) is 25.7 Å². The average Bonchev–Trinajstić information content (AvgIpc) is 2.41. The molecule has 0 aromatic rings. The highest BCUT2D eigenvalue weighted by Crippen LogP contribution is 2.28. The molecule has 0 radical (unpaired) electrons. The summed E-state index contributed by atoms with van der Waals surface area (Å²) in [4.78, 5) is 0. The number of nitrogens with two attached hydrogens (primary N) is 1. The van der Waals surface area contributed by atoms with Gasteiger partial charge in [0.15, 0.2) is 9.84 Å². The molecular formula is C12H25NO2S. The van der Waals surface area contributed by atoms with Gasteiger partial charge in [-0.1, -0.05) is 25.7 Å². The van der Waals surface area contributed by atoms with Crippen LogP contribution in [0.15, 0.2) is 0 Å². The van der Waals surface area contributed by atoms with E-state index in [1.54, 1.807) is 13.8 Å². The zero-order valence-electron chi connectivity index (χ0n) is 10.5. The van der Waals surface area contributed by atoms with E-state index in [-0.39, 0.29) is 16.5 Å². The van der Waals surface area contributed by atoms with Crippen LogP contribution < -0.4 is 5.73 Å². The first-order valence-electron chi connectivity index (χ1n) is 6.36. The summed E-state index contributed by atoms with van der Waals surface area (Å²) in [5, 5.41) is -0.276. The van der Waals surface area contributed by atoms with Gasteiger partial charge < -0.3 is 5.73 Å². The van der Waals surface area contributed by atoms with Gasteiger partial charge in [-0.25, -0.2) is 8.42 Å². The fraction of sp³-hybridized carbons (Fsp3) is 1.00. The Morgan fingerprint density at radius 1 is 1.12 bits per heavy atom. The van der Waals surface area contributed by atoms with E-state index in [4.69, 9.17) is 5.73 Å². The third kappa shape index (κ3) is 4.06. The molecule has 0 atom stereocenters. The summed E-state index contributed by atoms with van der Waals surface area (Å²) in [6.45, 7) is 3.48. The van der Waals surface area contributed by atoms with Crippen molar-refractivity contribution in [2.75, 3.05) is 5.75 Å². The summed E-state index contributed by atoms with van der Waals surface area (Å²) in [6, 6.07) is 0. The molecule has 0 bridgehead atoms. The second-order valence-electron chi connectivity index (χ2n) is 5.44. The summed E-state index contributed by atoms with van der Waals surface area (Å²) < 4.78 is 23.5. The lowest BCUT2D eigenvalue weighted by molar-refractivity contribution is 0.359. The average molecular weight is 247 g/mol. The molecule has 0 saturated heterocycles. The lowest BCUT2D eigenvalue weighted by Crippen LogP contribution is -2.41. The molecule has 2 N–H and O–H groups in total. The quantitative estimate of drug-likeness (QED) is 0.775. The van der Waals surface area contributed by atoms with Gasteiger partial charge in [0.2, 0.25) is 0 Å². The second-order valence-corrected chi connectivity index (χ2v) is 8.12. The Bertz CT molecular complexity index is 301. The van der Waals surface area contributed by atoms with Crippen molar-refractivity contribution in [2.45, 2.75) is 69.6 Å². The number of rotatable bonds is 4. The van der Waals surface area contributed by atoms with Crippen molar-refractivity contribution in [3.05, 3.63) is 0 Å². The van der Waals surface area contributed by atoms with Gasteiger partial charge in [-0.15, -0.1) is 0 Å². The maximum absolute atomic E-state index is 11.7. The minimum Gasteiger partial charge on any atom is -0.325 e. The van der Waals surface area contributed by atoms with Gasteiger partial charge in [0.05, 0.1) is 11.0 Å². The summed E-state index contributed by atoms with van der Waals surface area (Å²) in [5.74, 6) is 0.251. The molecule has 0 aromatic carbocycles. The van der Waals surface area contributed by atoms with Crippen LogP contribution in [0.4, 0.5) is 0 Å². The van der Waals surface area contributed by atoms with Gasteiger partial charge in [-0.05, 0) is 33.1 Å². The highest BCUT2D eigenvalue weighted by molar-refractivity contribution is 7.91. The highest BCUT2D eigenvalue weighted by Gasteiger charge is 2.28. The van der Waals surface area contributed by atoms with Gasteiger partial charge in [0.25, 0.3) is 0 Å². The Morgan fingerprint density at radius 3 is 2.06 bits per heavy atom. The fourth-order valence-electron chi connectivity index (χ4n) is 2.26. The predicted molar refractivity (Wildman–Crippen MR) is 68.2 cm³/mol. The van der Waals surface area contributed by atoms with Crippen LogP contribution >= 0.6 is 0 Å². The molecule has 0 spiro atoms. The molecule has 96 valence electrons. The van der Waals surface area contributed by atoms with E-state index in [1.165, 1.54) is 12.8 Å². The van der Waals surface area contributed by atoms with Crippen LogP contribution in [-0.4, -0.2) is 25.0 Å². The monoisotopic (exact) mass is 247 g/mol. The first-order valence-corrected chi connectivity index (χ1v) is 8.08. The topological polar surface area (TPSA) is 60.2 Å². The normalized spacial score (nSPS) is 22.0. The highest BCUT2D eigenvalue weighted by atomic mass is 32.2. The second kappa shape index (κ2) is 5.50. The van der Waals surface area contributed by atoms with E-state index >= 15 is 0 Å². The van der Waals surface area contributed by atoms with Crippen LogP contribution in [0, 0.1) is 0 Å². The standard InChI is InChI=1S/C12H25NO2S/c1-11(2)16(14,15)10-9-12(13)7-5-3-4-6-8-12/h11H,3-10,13H2,1-2H3. The van der Waals surface area contributed by atoms with Crippen LogP contribution in [-0.2, 0) is 9.84 Å². The van der Waals surface area contributed by atoms with E-state index in [1.807, 2.05) is 0 Å². The van der Waals surface area contributed by atoms with Crippen molar-refractivity contribution in [3.63, 3.8) is 0 Å². The summed E-state index contributed by atoms with van der Waals surface area (Å²) in [5.41, 5.74) is 6.08. The number of hydrogen-bond acceptors (Lipinski definition) is 3. The van der Waals surface area contributed by atoms with E-state index < -0.39 is 9.84 Å². The summed E-state index contributed by atoms with van der Waals surface area (Å²) in [6.07, 6.45) is 7.40. The molecule has 1 saturated carbocycles. The zero-order chi connectivity index (χ0) is 12.2. The first-order chi connectivity index (χ1) is 7.36. The fourth-order valence-corrected chi connectivity index (χ4v) is 3.43.